The predicted octanol–water partition coefficient (Wildman–Crippen LogP) is 3.47. The number of pyridine rings is 1. The molecule has 42 heavy (non-hydrogen) atoms. The second-order valence-corrected chi connectivity index (χ2v) is 11.7. The van der Waals surface area contributed by atoms with Crippen molar-refractivity contribution in [3.63, 3.8) is 0 Å². The van der Waals surface area contributed by atoms with Gasteiger partial charge in [0.25, 0.3) is 0 Å². The molecule has 0 aliphatic carbocycles. The molecule has 1 aromatic heterocycles. The summed E-state index contributed by atoms with van der Waals surface area (Å²) >= 11 is 0. The van der Waals surface area contributed by atoms with Gasteiger partial charge in [-0.1, -0.05) is 12.1 Å². The van der Waals surface area contributed by atoms with Crippen molar-refractivity contribution in [1.82, 2.24) is 14.8 Å². The predicted molar refractivity (Wildman–Crippen MR) is 153 cm³/mol. The fourth-order valence-corrected chi connectivity index (χ4v) is 6.57. The Kier molecular flexibility index (Phi) is 7.95. The number of aryl methyl sites for hydroxylation is 2. The van der Waals surface area contributed by atoms with Crippen molar-refractivity contribution in [2.75, 3.05) is 61.0 Å². The van der Waals surface area contributed by atoms with E-state index in [1.54, 1.807) is 14.0 Å². The van der Waals surface area contributed by atoms with Crippen molar-refractivity contribution in [3.8, 4) is 0 Å². The van der Waals surface area contributed by atoms with E-state index in [1.807, 2.05) is 30.0 Å². The fraction of sp³-hybridized carbons (Fsp3) is 0.533. The number of hydrogen-bond acceptors (Lipinski definition) is 6. The van der Waals surface area contributed by atoms with E-state index in [-0.39, 0.29) is 35.8 Å². The summed E-state index contributed by atoms with van der Waals surface area (Å²) in [4.78, 5) is 52.7. The monoisotopic (exact) mass is 586 g/mol. The number of likely N-dealkylation sites (N-methyl/N-ethyl adjacent to an activating group) is 1. The smallest absolute Gasteiger partial charge is 0.368 e. The van der Waals surface area contributed by atoms with E-state index in [1.165, 1.54) is 16.7 Å². The number of alkyl halides is 3. The number of para-hydroxylation sites is 1. The van der Waals surface area contributed by atoms with Crippen LogP contribution in [0.2, 0.25) is 0 Å². The summed E-state index contributed by atoms with van der Waals surface area (Å²) in [5, 5.41) is 0. The molecule has 0 spiro atoms. The topological polar surface area (TPSA) is 80.3 Å². The van der Waals surface area contributed by atoms with E-state index in [2.05, 4.69) is 21.7 Å². The normalized spacial score (nSPS) is 23.6. The first kappa shape index (κ1) is 29.8. The second kappa shape index (κ2) is 11.2. The van der Waals surface area contributed by atoms with Gasteiger partial charge in [0, 0.05) is 77.3 Å². The van der Waals surface area contributed by atoms with Crippen molar-refractivity contribution >= 4 is 34.9 Å². The standard InChI is InChI=1S/C30H37F3N6O3/c1-18-7-6-8-24-27(18)38(12-10-36-9-11-37(21(4)40)16-20(36)3)17-22-14-26(41)39(28(22)29(42)35(24)5)25-15-23(30(31,32)33)13-19(2)34-25/h6-8,13,15,20,22,28H,9-12,14,16-17H2,1-5H3/t20-,22+,28-/m0/s1. The number of benzene rings is 1. The van der Waals surface area contributed by atoms with Crippen molar-refractivity contribution in [2.45, 2.75) is 52.4 Å². The van der Waals surface area contributed by atoms with E-state index in [4.69, 9.17) is 0 Å². The summed E-state index contributed by atoms with van der Waals surface area (Å²) in [5.41, 5.74) is 1.77. The molecule has 0 radical (unpaired) electrons. The highest BCUT2D eigenvalue weighted by molar-refractivity contribution is 6.10. The van der Waals surface area contributed by atoms with Crippen LogP contribution >= 0.6 is 0 Å². The Bertz CT molecular complexity index is 1400. The van der Waals surface area contributed by atoms with Crippen LogP contribution in [0, 0.1) is 19.8 Å². The summed E-state index contributed by atoms with van der Waals surface area (Å²) in [7, 11) is 1.65. The third-order valence-corrected chi connectivity index (χ3v) is 8.74. The van der Waals surface area contributed by atoms with Crippen molar-refractivity contribution in [2.24, 2.45) is 5.92 Å². The summed E-state index contributed by atoms with van der Waals surface area (Å²) < 4.78 is 41.0. The summed E-state index contributed by atoms with van der Waals surface area (Å²) in [6.45, 7) is 10.9. The quantitative estimate of drug-likeness (QED) is 0.546. The van der Waals surface area contributed by atoms with E-state index >= 15 is 0 Å². The summed E-state index contributed by atoms with van der Waals surface area (Å²) in [6.07, 6.45) is -4.60. The Balaban J connectivity index is 1.49. The van der Waals surface area contributed by atoms with Gasteiger partial charge in [0.2, 0.25) is 17.7 Å². The van der Waals surface area contributed by atoms with Crippen molar-refractivity contribution in [1.29, 1.82) is 0 Å². The Labute approximate surface area is 243 Å². The fourth-order valence-electron chi connectivity index (χ4n) is 6.57. The molecule has 3 aliphatic rings. The maximum atomic E-state index is 14.0. The lowest BCUT2D eigenvalue weighted by Crippen LogP contribution is -2.55. The van der Waals surface area contributed by atoms with Gasteiger partial charge < -0.3 is 14.7 Å². The summed E-state index contributed by atoms with van der Waals surface area (Å²) in [5.74, 6) is -1.33. The lowest BCUT2D eigenvalue weighted by atomic mass is 9.95. The van der Waals surface area contributed by atoms with Crippen molar-refractivity contribution in [3.05, 3.63) is 47.2 Å². The first-order chi connectivity index (χ1) is 19.8. The van der Waals surface area contributed by atoms with Gasteiger partial charge in [0.15, 0.2) is 0 Å². The summed E-state index contributed by atoms with van der Waals surface area (Å²) in [6, 6.07) is 6.68. The number of anilines is 3. The molecule has 0 saturated carbocycles. The average molecular weight is 587 g/mol. The number of halogens is 3. The maximum absolute atomic E-state index is 14.0. The second-order valence-electron chi connectivity index (χ2n) is 11.7. The van der Waals surface area contributed by atoms with Crippen LogP contribution in [-0.2, 0) is 20.6 Å². The van der Waals surface area contributed by atoms with Gasteiger partial charge in [-0.05, 0) is 44.5 Å². The minimum Gasteiger partial charge on any atom is -0.368 e. The minimum absolute atomic E-state index is 0.0205. The Morgan fingerprint density at radius 3 is 2.48 bits per heavy atom. The molecule has 3 amide bonds. The van der Waals surface area contributed by atoms with E-state index in [0.717, 1.165) is 29.9 Å². The van der Waals surface area contributed by atoms with Crippen LogP contribution in [-0.4, -0.2) is 90.9 Å². The number of carbonyl (C=O) groups excluding carboxylic acids is 3. The van der Waals surface area contributed by atoms with E-state index in [9.17, 15) is 27.6 Å². The molecule has 226 valence electrons. The van der Waals surface area contributed by atoms with Gasteiger partial charge in [-0.2, -0.15) is 13.2 Å². The molecule has 0 bridgehead atoms. The highest BCUT2D eigenvalue weighted by Crippen LogP contribution is 2.41. The molecule has 3 aliphatic heterocycles. The number of hydrogen-bond donors (Lipinski definition) is 0. The number of amides is 3. The van der Waals surface area contributed by atoms with Crippen LogP contribution in [0.25, 0.3) is 0 Å². The minimum atomic E-state index is -4.62. The zero-order valence-electron chi connectivity index (χ0n) is 24.6. The van der Waals surface area contributed by atoms with Crippen LogP contribution in [0.5, 0.6) is 0 Å². The van der Waals surface area contributed by atoms with Gasteiger partial charge in [-0.15, -0.1) is 0 Å². The van der Waals surface area contributed by atoms with Gasteiger partial charge in [0.1, 0.15) is 11.9 Å². The van der Waals surface area contributed by atoms with Crippen LogP contribution in [0.4, 0.5) is 30.4 Å². The highest BCUT2D eigenvalue weighted by Gasteiger charge is 2.49. The van der Waals surface area contributed by atoms with Crippen LogP contribution < -0.4 is 14.7 Å². The Hall–Kier alpha value is -3.67. The third-order valence-electron chi connectivity index (χ3n) is 8.74. The molecule has 9 nitrogen and oxygen atoms in total. The molecule has 1 aromatic carbocycles. The molecule has 5 rings (SSSR count). The van der Waals surface area contributed by atoms with Crippen molar-refractivity contribution < 1.29 is 27.6 Å². The van der Waals surface area contributed by atoms with Crippen LogP contribution in [0.1, 0.15) is 37.1 Å². The molecule has 4 heterocycles. The first-order valence-corrected chi connectivity index (χ1v) is 14.3. The lowest BCUT2D eigenvalue weighted by molar-refractivity contribution is -0.137. The SMILES string of the molecule is CC(=O)N1CCN(CCN2C[C@H]3CC(=O)N(c4cc(C(F)(F)F)cc(C)n4)[C@@H]3C(=O)N(C)c3cccc(C)c32)[C@@H](C)C1. The molecule has 2 aromatic rings. The largest absolute Gasteiger partial charge is 0.416 e. The molecular weight excluding hydrogens is 549 g/mol. The lowest BCUT2D eigenvalue weighted by Gasteiger charge is -2.42. The van der Waals surface area contributed by atoms with E-state index < -0.39 is 29.6 Å². The van der Waals surface area contributed by atoms with Gasteiger partial charge in [-0.25, -0.2) is 4.98 Å². The first-order valence-electron chi connectivity index (χ1n) is 14.3. The number of fused-ring (bicyclic) bond motifs is 2. The number of rotatable bonds is 4. The average Bonchev–Trinajstić information content (AvgIpc) is 3.24. The van der Waals surface area contributed by atoms with Crippen LogP contribution in [0.3, 0.4) is 0 Å². The highest BCUT2D eigenvalue weighted by atomic mass is 19.4. The Morgan fingerprint density at radius 1 is 1.07 bits per heavy atom. The molecule has 12 heteroatoms. The van der Waals surface area contributed by atoms with E-state index in [0.29, 0.717) is 38.4 Å². The van der Waals surface area contributed by atoms with Gasteiger partial charge in [-0.3, -0.25) is 24.2 Å². The van der Waals surface area contributed by atoms with Gasteiger partial charge >= 0.3 is 6.18 Å². The van der Waals surface area contributed by atoms with Crippen LogP contribution in [0.15, 0.2) is 30.3 Å². The Morgan fingerprint density at radius 2 is 1.81 bits per heavy atom. The molecule has 0 N–H and O–H groups in total. The van der Waals surface area contributed by atoms with Gasteiger partial charge in [0.05, 0.1) is 16.9 Å². The number of aromatic nitrogens is 1. The zero-order chi connectivity index (χ0) is 30.5. The number of carbonyl (C=O) groups is 3. The number of piperazine rings is 1. The molecular formula is C30H37F3N6O3. The molecule has 2 fully saturated rings. The zero-order valence-corrected chi connectivity index (χ0v) is 24.6. The molecule has 2 saturated heterocycles. The number of nitrogens with zero attached hydrogens (tertiary/aromatic N) is 6. The third kappa shape index (κ3) is 5.56. The molecule has 0 unspecified atom stereocenters. The molecule has 3 atom stereocenters. The maximum Gasteiger partial charge on any atom is 0.416 e.